The molecule has 0 bridgehead atoms. The number of halogens is 2. The lowest BCUT2D eigenvalue weighted by molar-refractivity contribution is 0.431. The van der Waals surface area contributed by atoms with Crippen LogP contribution < -0.4 is 0 Å². The summed E-state index contributed by atoms with van der Waals surface area (Å²) in [4.78, 5) is 8.17. The van der Waals surface area contributed by atoms with Crippen LogP contribution in [0.2, 0.25) is 5.02 Å². The standard InChI is InChI=1S/C10H5BrClN5O/c11-7-3-5(12)1-2-6(7)10-15-9(17-18-10)8-13-4-14-16-8/h1-4H,(H,13,14,16). The Balaban J connectivity index is 2.03. The van der Waals surface area contributed by atoms with Gasteiger partial charge in [-0.3, -0.25) is 5.10 Å². The van der Waals surface area contributed by atoms with E-state index in [-0.39, 0.29) is 0 Å². The molecule has 1 N–H and O–H groups in total. The molecular weight excluding hydrogens is 322 g/mol. The van der Waals surface area contributed by atoms with Gasteiger partial charge >= 0.3 is 0 Å². The average Bonchev–Trinajstić information content (AvgIpc) is 2.99. The number of benzene rings is 1. The SMILES string of the molecule is Clc1ccc(-c2nc(-c3ncn[nH]3)no2)c(Br)c1. The van der Waals surface area contributed by atoms with Crippen LogP contribution in [0.1, 0.15) is 0 Å². The van der Waals surface area contributed by atoms with Crippen LogP contribution in [-0.2, 0) is 0 Å². The first-order valence-electron chi connectivity index (χ1n) is 4.89. The van der Waals surface area contributed by atoms with Crippen molar-refractivity contribution in [3.8, 4) is 23.1 Å². The molecule has 90 valence electrons. The minimum atomic E-state index is 0.351. The molecule has 0 saturated carbocycles. The molecule has 18 heavy (non-hydrogen) atoms. The number of nitrogens with zero attached hydrogens (tertiary/aromatic N) is 4. The van der Waals surface area contributed by atoms with Crippen LogP contribution in [-0.4, -0.2) is 25.3 Å². The van der Waals surface area contributed by atoms with E-state index in [1.165, 1.54) is 6.33 Å². The van der Waals surface area contributed by atoms with Gasteiger partial charge in [0.05, 0.1) is 5.56 Å². The molecule has 0 amide bonds. The van der Waals surface area contributed by atoms with Gasteiger partial charge in [-0.15, -0.1) is 0 Å². The first kappa shape index (κ1) is 11.4. The highest BCUT2D eigenvalue weighted by Gasteiger charge is 2.14. The van der Waals surface area contributed by atoms with Gasteiger partial charge in [0.15, 0.2) is 5.82 Å². The Hall–Kier alpha value is -1.73. The highest BCUT2D eigenvalue weighted by Crippen LogP contribution is 2.30. The van der Waals surface area contributed by atoms with Crippen molar-refractivity contribution in [3.63, 3.8) is 0 Å². The van der Waals surface area contributed by atoms with E-state index in [1.807, 2.05) is 0 Å². The monoisotopic (exact) mass is 325 g/mol. The zero-order chi connectivity index (χ0) is 12.5. The quantitative estimate of drug-likeness (QED) is 0.783. The largest absolute Gasteiger partial charge is 0.333 e. The van der Waals surface area contributed by atoms with Gasteiger partial charge in [-0.05, 0) is 34.1 Å². The van der Waals surface area contributed by atoms with Gasteiger partial charge in [-0.1, -0.05) is 16.8 Å². The number of rotatable bonds is 2. The molecule has 0 aliphatic heterocycles. The van der Waals surface area contributed by atoms with Crippen molar-refractivity contribution in [1.29, 1.82) is 0 Å². The Kier molecular flexibility index (Phi) is 2.85. The first-order chi connectivity index (χ1) is 8.74. The van der Waals surface area contributed by atoms with Gasteiger partial charge in [0.1, 0.15) is 6.33 Å². The molecule has 0 atom stereocenters. The van der Waals surface area contributed by atoms with Crippen molar-refractivity contribution in [1.82, 2.24) is 25.3 Å². The molecule has 0 unspecified atom stereocenters. The van der Waals surface area contributed by atoms with E-state index in [0.29, 0.717) is 22.6 Å². The minimum absolute atomic E-state index is 0.351. The Bertz CT molecular complexity index is 681. The van der Waals surface area contributed by atoms with Crippen molar-refractivity contribution >= 4 is 27.5 Å². The Labute approximate surface area is 115 Å². The summed E-state index contributed by atoms with van der Waals surface area (Å²) in [6, 6.07) is 5.30. The van der Waals surface area contributed by atoms with Crippen LogP contribution >= 0.6 is 27.5 Å². The predicted molar refractivity (Wildman–Crippen MR) is 67.8 cm³/mol. The Morgan fingerprint density at radius 1 is 1.33 bits per heavy atom. The molecule has 1 aromatic carbocycles. The molecular formula is C10H5BrClN5O. The maximum absolute atomic E-state index is 5.87. The number of hydrogen-bond acceptors (Lipinski definition) is 5. The molecule has 0 fully saturated rings. The number of H-pyrrole nitrogens is 1. The number of aromatic amines is 1. The molecule has 0 spiro atoms. The van der Waals surface area contributed by atoms with Gasteiger partial charge < -0.3 is 4.52 Å². The summed E-state index contributed by atoms with van der Waals surface area (Å²) in [7, 11) is 0. The third-order valence-corrected chi connectivity index (χ3v) is 3.11. The van der Waals surface area contributed by atoms with E-state index in [2.05, 4.69) is 41.3 Å². The summed E-state index contributed by atoms with van der Waals surface area (Å²) in [5, 5.41) is 10.8. The molecule has 2 heterocycles. The van der Waals surface area contributed by atoms with E-state index >= 15 is 0 Å². The second kappa shape index (κ2) is 4.51. The maximum atomic E-state index is 5.87. The van der Waals surface area contributed by atoms with Crippen molar-refractivity contribution in [3.05, 3.63) is 34.0 Å². The highest BCUT2D eigenvalue weighted by atomic mass is 79.9. The van der Waals surface area contributed by atoms with Crippen LogP contribution in [0, 0.1) is 0 Å². The zero-order valence-corrected chi connectivity index (χ0v) is 11.1. The summed E-state index contributed by atoms with van der Waals surface area (Å²) in [6.07, 6.45) is 1.38. The third kappa shape index (κ3) is 2.02. The summed E-state index contributed by atoms with van der Waals surface area (Å²) in [6.45, 7) is 0. The fourth-order valence-corrected chi connectivity index (χ4v) is 2.26. The van der Waals surface area contributed by atoms with Crippen LogP contribution in [0.3, 0.4) is 0 Å². The molecule has 0 saturated heterocycles. The second-order valence-corrected chi connectivity index (χ2v) is 4.67. The van der Waals surface area contributed by atoms with Crippen LogP contribution in [0.4, 0.5) is 0 Å². The van der Waals surface area contributed by atoms with Crippen molar-refractivity contribution < 1.29 is 4.52 Å². The van der Waals surface area contributed by atoms with Gasteiger partial charge in [0.2, 0.25) is 5.82 Å². The van der Waals surface area contributed by atoms with E-state index < -0.39 is 0 Å². The van der Waals surface area contributed by atoms with E-state index in [4.69, 9.17) is 16.1 Å². The molecule has 0 radical (unpaired) electrons. The van der Waals surface area contributed by atoms with E-state index in [1.54, 1.807) is 18.2 Å². The minimum Gasteiger partial charge on any atom is -0.333 e. The molecule has 0 aliphatic carbocycles. The molecule has 0 aliphatic rings. The normalized spacial score (nSPS) is 10.8. The molecule has 8 heteroatoms. The fraction of sp³-hybridized carbons (Fsp3) is 0. The average molecular weight is 327 g/mol. The van der Waals surface area contributed by atoms with Crippen molar-refractivity contribution in [2.24, 2.45) is 0 Å². The predicted octanol–water partition coefficient (Wildman–Crippen LogP) is 2.94. The van der Waals surface area contributed by atoms with Crippen LogP contribution in [0.5, 0.6) is 0 Å². The first-order valence-corrected chi connectivity index (χ1v) is 6.06. The summed E-state index contributed by atoms with van der Waals surface area (Å²) in [5.74, 6) is 1.18. The zero-order valence-electron chi connectivity index (χ0n) is 8.76. The van der Waals surface area contributed by atoms with Crippen molar-refractivity contribution in [2.75, 3.05) is 0 Å². The Morgan fingerprint density at radius 3 is 2.94 bits per heavy atom. The van der Waals surface area contributed by atoms with Gasteiger partial charge in [-0.2, -0.15) is 10.1 Å². The summed E-state index contributed by atoms with van der Waals surface area (Å²) in [5.41, 5.74) is 0.762. The lowest BCUT2D eigenvalue weighted by Gasteiger charge is -1.98. The van der Waals surface area contributed by atoms with Gasteiger partial charge in [-0.25, -0.2) is 4.98 Å². The third-order valence-electron chi connectivity index (χ3n) is 2.21. The lowest BCUT2D eigenvalue weighted by Crippen LogP contribution is -1.84. The topological polar surface area (TPSA) is 80.5 Å². The number of aromatic nitrogens is 5. The van der Waals surface area contributed by atoms with Gasteiger partial charge in [0, 0.05) is 9.50 Å². The highest BCUT2D eigenvalue weighted by molar-refractivity contribution is 9.10. The Morgan fingerprint density at radius 2 is 2.22 bits per heavy atom. The molecule has 6 nitrogen and oxygen atoms in total. The summed E-state index contributed by atoms with van der Waals surface area (Å²) >= 11 is 9.26. The molecule has 2 aromatic heterocycles. The molecule has 3 aromatic rings. The smallest absolute Gasteiger partial charge is 0.259 e. The van der Waals surface area contributed by atoms with Crippen LogP contribution in [0.15, 0.2) is 33.5 Å². The molecule has 3 rings (SSSR count). The van der Waals surface area contributed by atoms with E-state index in [9.17, 15) is 0 Å². The van der Waals surface area contributed by atoms with Crippen LogP contribution in [0.25, 0.3) is 23.1 Å². The van der Waals surface area contributed by atoms with Crippen molar-refractivity contribution in [2.45, 2.75) is 0 Å². The number of nitrogens with one attached hydrogen (secondary N) is 1. The maximum Gasteiger partial charge on any atom is 0.259 e. The van der Waals surface area contributed by atoms with E-state index in [0.717, 1.165) is 10.0 Å². The second-order valence-electron chi connectivity index (χ2n) is 3.38. The lowest BCUT2D eigenvalue weighted by atomic mass is 10.2. The fourth-order valence-electron chi connectivity index (χ4n) is 1.41. The summed E-state index contributed by atoms with van der Waals surface area (Å²) < 4.78 is 5.95. The number of hydrogen-bond donors (Lipinski definition) is 1. The van der Waals surface area contributed by atoms with Gasteiger partial charge in [0.25, 0.3) is 5.89 Å².